The van der Waals surface area contributed by atoms with Gasteiger partial charge in [0.15, 0.2) is 0 Å². The van der Waals surface area contributed by atoms with Crippen molar-refractivity contribution in [3.8, 4) is 5.75 Å². The average molecular weight is 286 g/mol. The van der Waals surface area contributed by atoms with Crippen molar-refractivity contribution < 1.29 is 5.11 Å². The van der Waals surface area contributed by atoms with Crippen LogP contribution in [0.15, 0.2) is 97.6 Å². The molecule has 1 N–H and O–H groups in total. The largest absolute Gasteiger partial charge is 0.508 e. The topological polar surface area (TPSA) is 20.2 Å². The van der Waals surface area contributed by atoms with Crippen molar-refractivity contribution in [1.29, 1.82) is 0 Å². The number of phenols is 1. The molecule has 0 radical (unpaired) electrons. The van der Waals surface area contributed by atoms with Gasteiger partial charge in [0.1, 0.15) is 5.75 Å². The highest BCUT2D eigenvalue weighted by Crippen LogP contribution is 2.43. The second-order valence-corrected chi connectivity index (χ2v) is 5.26. The molecule has 0 aliphatic carbocycles. The molecule has 0 aromatic heterocycles. The standard InChI is InChI=1S/C21H18O/c1-2-21(17-11-5-3-6-12-17,18-13-7-4-8-14-18)19-15-9-10-16-20(19)22/h2-16,22H,1H2. The minimum Gasteiger partial charge on any atom is -0.508 e. The van der Waals surface area contributed by atoms with Crippen LogP contribution in [0.2, 0.25) is 0 Å². The molecule has 3 aromatic carbocycles. The Hall–Kier alpha value is -2.80. The highest BCUT2D eigenvalue weighted by molar-refractivity contribution is 5.58. The zero-order valence-corrected chi connectivity index (χ0v) is 12.3. The lowest BCUT2D eigenvalue weighted by Gasteiger charge is -2.33. The van der Waals surface area contributed by atoms with E-state index in [2.05, 4.69) is 30.8 Å². The Kier molecular flexibility index (Phi) is 3.80. The summed E-state index contributed by atoms with van der Waals surface area (Å²) in [5.74, 6) is 0.273. The highest BCUT2D eigenvalue weighted by atomic mass is 16.3. The average Bonchev–Trinajstić information content (AvgIpc) is 2.59. The van der Waals surface area contributed by atoms with Crippen LogP contribution in [-0.4, -0.2) is 5.11 Å². The van der Waals surface area contributed by atoms with Crippen molar-refractivity contribution in [3.05, 3.63) is 114 Å². The van der Waals surface area contributed by atoms with E-state index in [0.29, 0.717) is 0 Å². The normalized spacial score (nSPS) is 11.1. The molecular formula is C21H18O. The van der Waals surface area contributed by atoms with Crippen LogP contribution >= 0.6 is 0 Å². The molecule has 0 amide bonds. The van der Waals surface area contributed by atoms with Gasteiger partial charge in [0.2, 0.25) is 0 Å². The second-order valence-electron chi connectivity index (χ2n) is 5.26. The molecule has 0 spiro atoms. The summed E-state index contributed by atoms with van der Waals surface area (Å²) in [6.07, 6.45) is 1.91. The van der Waals surface area contributed by atoms with Gasteiger partial charge >= 0.3 is 0 Å². The van der Waals surface area contributed by atoms with Gasteiger partial charge in [0.25, 0.3) is 0 Å². The van der Waals surface area contributed by atoms with Gasteiger partial charge in [-0.05, 0) is 17.2 Å². The maximum absolute atomic E-state index is 10.5. The van der Waals surface area contributed by atoms with Crippen LogP contribution in [-0.2, 0) is 5.41 Å². The third-order valence-corrected chi connectivity index (χ3v) is 4.09. The lowest BCUT2D eigenvalue weighted by molar-refractivity contribution is 0.462. The lowest BCUT2D eigenvalue weighted by atomic mass is 9.69. The van der Waals surface area contributed by atoms with E-state index in [9.17, 15) is 5.11 Å². The molecule has 0 unspecified atom stereocenters. The zero-order valence-electron chi connectivity index (χ0n) is 12.3. The van der Waals surface area contributed by atoms with E-state index in [0.717, 1.165) is 16.7 Å². The molecule has 0 aliphatic heterocycles. The van der Waals surface area contributed by atoms with Gasteiger partial charge in [0.05, 0.1) is 5.41 Å². The maximum Gasteiger partial charge on any atom is 0.120 e. The molecule has 0 fully saturated rings. The Morgan fingerprint density at radius 2 is 1.14 bits per heavy atom. The molecule has 22 heavy (non-hydrogen) atoms. The first-order valence-electron chi connectivity index (χ1n) is 7.32. The first-order chi connectivity index (χ1) is 10.8. The summed E-state index contributed by atoms with van der Waals surface area (Å²) in [5, 5.41) is 10.5. The molecule has 0 aliphatic rings. The van der Waals surface area contributed by atoms with Gasteiger partial charge in [-0.3, -0.25) is 0 Å². The quantitative estimate of drug-likeness (QED) is 0.533. The summed E-state index contributed by atoms with van der Waals surface area (Å²) in [5.41, 5.74) is 2.42. The van der Waals surface area contributed by atoms with Crippen molar-refractivity contribution in [2.45, 2.75) is 5.41 Å². The fourth-order valence-corrected chi connectivity index (χ4v) is 3.03. The monoisotopic (exact) mass is 286 g/mol. The van der Waals surface area contributed by atoms with Crippen LogP contribution in [0.25, 0.3) is 0 Å². The van der Waals surface area contributed by atoms with E-state index in [4.69, 9.17) is 0 Å². The molecular weight excluding hydrogens is 268 g/mol. The Bertz CT molecular complexity index is 721. The van der Waals surface area contributed by atoms with E-state index in [1.807, 2.05) is 60.7 Å². The van der Waals surface area contributed by atoms with Crippen molar-refractivity contribution in [2.24, 2.45) is 0 Å². The number of benzene rings is 3. The van der Waals surface area contributed by atoms with E-state index in [1.54, 1.807) is 6.07 Å². The fourth-order valence-electron chi connectivity index (χ4n) is 3.03. The van der Waals surface area contributed by atoms with Gasteiger partial charge in [-0.2, -0.15) is 0 Å². The van der Waals surface area contributed by atoms with Gasteiger partial charge in [0, 0.05) is 5.56 Å². The van der Waals surface area contributed by atoms with Crippen LogP contribution in [0.1, 0.15) is 16.7 Å². The predicted molar refractivity (Wildman–Crippen MR) is 91.1 cm³/mol. The smallest absolute Gasteiger partial charge is 0.120 e. The van der Waals surface area contributed by atoms with E-state index in [1.165, 1.54) is 0 Å². The summed E-state index contributed by atoms with van der Waals surface area (Å²) >= 11 is 0. The van der Waals surface area contributed by atoms with Crippen LogP contribution in [0, 0.1) is 0 Å². The Morgan fingerprint density at radius 3 is 1.59 bits per heavy atom. The van der Waals surface area contributed by atoms with Gasteiger partial charge in [-0.25, -0.2) is 0 Å². The summed E-state index contributed by atoms with van der Waals surface area (Å²) in [6, 6.07) is 27.8. The fraction of sp³-hybridized carbons (Fsp3) is 0.0476. The summed E-state index contributed by atoms with van der Waals surface area (Å²) in [7, 11) is 0. The van der Waals surface area contributed by atoms with Crippen LogP contribution in [0.5, 0.6) is 5.75 Å². The van der Waals surface area contributed by atoms with E-state index in [-0.39, 0.29) is 5.75 Å². The maximum atomic E-state index is 10.5. The molecule has 0 heterocycles. The molecule has 0 bridgehead atoms. The van der Waals surface area contributed by atoms with Crippen LogP contribution in [0.3, 0.4) is 0 Å². The number of hydrogen-bond donors (Lipinski definition) is 1. The number of aromatic hydroxyl groups is 1. The first-order valence-corrected chi connectivity index (χ1v) is 7.32. The van der Waals surface area contributed by atoms with Crippen molar-refractivity contribution in [3.63, 3.8) is 0 Å². The Balaban J connectivity index is 2.36. The van der Waals surface area contributed by atoms with Crippen LogP contribution < -0.4 is 0 Å². The molecule has 108 valence electrons. The second kappa shape index (κ2) is 5.90. The lowest BCUT2D eigenvalue weighted by Crippen LogP contribution is -2.26. The number of phenolic OH excluding ortho intramolecular Hbond substituents is 1. The predicted octanol–water partition coefficient (Wildman–Crippen LogP) is 4.91. The summed E-state index contributed by atoms with van der Waals surface area (Å²) < 4.78 is 0. The van der Waals surface area contributed by atoms with Crippen molar-refractivity contribution in [2.75, 3.05) is 0 Å². The first kappa shape index (κ1) is 14.2. The molecule has 1 heteroatoms. The van der Waals surface area contributed by atoms with Crippen LogP contribution in [0.4, 0.5) is 0 Å². The third-order valence-electron chi connectivity index (χ3n) is 4.09. The molecule has 0 saturated carbocycles. The van der Waals surface area contributed by atoms with Crippen molar-refractivity contribution in [1.82, 2.24) is 0 Å². The summed E-state index contributed by atoms with van der Waals surface area (Å²) in [6.45, 7) is 4.09. The molecule has 0 atom stereocenters. The molecule has 0 saturated heterocycles. The van der Waals surface area contributed by atoms with Crippen molar-refractivity contribution >= 4 is 0 Å². The van der Waals surface area contributed by atoms with Gasteiger partial charge in [-0.15, -0.1) is 6.58 Å². The number of allylic oxidation sites excluding steroid dienone is 1. The number of hydrogen-bond acceptors (Lipinski definition) is 1. The molecule has 3 aromatic rings. The third kappa shape index (κ3) is 2.21. The number of rotatable bonds is 4. The molecule has 3 rings (SSSR count). The highest BCUT2D eigenvalue weighted by Gasteiger charge is 2.35. The van der Waals surface area contributed by atoms with Gasteiger partial charge < -0.3 is 5.11 Å². The Morgan fingerprint density at radius 1 is 0.682 bits per heavy atom. The minimum atomic E-state index is -0.576. The van der Waals surface area contributed by atoms with Gasteiger partial charge in [-0.1, -0.05) is 84.9 Å². The SMILES string of the molecule is C=CC(c1ccccc1)(c1ccccc1)c1ccccc1O. The zero-order chi connectivity index (χ0) is 15.4. The minimum absolute atomic E-state index is 0.273. The van der Waals surface area contributed by atoms with E-state index < -0.39 is 5.41 Å². The number of para-hydroxylation sites is 1. The van der Waals surface area contributed by atoms with E-state index >= 15 is 0 Å². The molecule has 1 nitrogen and oxygen atoms in total. The Labute approximate surface area is 131 Å². The summed E-state index contributed by atoms with van der Waals surface area (Å²) in [4.78, 5) is 0.